The Balaban J connectivity index is 1.37. The van der Waals surface area contributed by atoms with Gasteiger partial charge in [0.2, 0.25) is 5.91 Å². The first-order chi connectivity index (χ1) is 19.8. The molecular formula is C33H33FN4O3. The fourth-order valence-electron chi connectivity index (χ4n) is 5.47. The lowest BCUT2D eigenvalue weighted by atomic mass is 9.89. The van der Waals surface area contributed by atoms with Gasteiger partial charge >= 0.3 is 6.09 Å². The monoisotopic (exact) mass is 552 g/mol. The van der Waals surface area contributed by atoms with Crippen molar-refractivity contribution >= 4 is 23.5 Å². The summed E-state index contributed by atoms with van der Waals surface area (Å²) in [4.78, 5) is 31.8. The number of carboxylic acid groups (broad SMARTS) is 1. The molecule has 0 radical (unpaired) electrons. The highest BCUT2D eigenvalue weighted by Gasteiger charge is 2.33. The molecule has 1 aromatic heterocycles. The van der Waals surface area contributed by atoms with E-state index in [0.717, 1.165) is 33.5 Å². The lowest BCUT2D eigenvalue weighted by Gasteiger charge is -2.39. The van der Waals surface area contributed by atoms with Crippen LogP contribution in [0.4, 0.5) is 20.7 Å². The van der Waals surface area contributed by atoms with E-state index in [0.29, 0.717) is 31.7 Å². The Kier molecular flexibility index (Phi) is 8.29. The smallest absolute Gasteiger partial charge is 0.407 e. The van der Waals surface area contributed by atoms with Gasteiger partial charge in [0, 0.05) is 31.7 Å². The van der Waals surface area contributed by atoms with Crippen molar-refractivity contribution in [3.8, 4) is 11.1 Å². The molecule has 210 valence electrons. The molecule has 7 nitrogen and oxygen atoms in total. The summed E-state index contributed by atoms with van der Waals surface area (Å²) in [5.41, 5.74) is 5.76. The summed E-state index contributed by atoms with van der Waals surface area (Å²) < 4.78 is 13.4. The Morgan fingerprint density at radius 1 is 1.00 bits per heavy atom. The molecule has 2 heterocycles. The van der Waals surface area contributed by atoms with Gasteiger partial charge in [-0.05, 0) is 71.8 Å². The zero-order valence-electron chi connectivity index (χ0n) is 23.1. The molecule has 0 bridgehead atoms. The Hall–Kier alpha value is -4.72. The molecule has 1 aliphatic rings. The van der Waals surface area contributed by atoms with Gasteiger partial charge < -0.3 is 20.2 Å². The van der Waals surface area contributed by atoms with Crippen molar-refractivity contribution < 1.29 is 19.1 Å². The Bertz CT molecular complexity index is 1510. The molecule has 0 unspecified atom stereocenters. The summed E-state index contributed by atoms with van der Waals surface area (Å²) in [5, 5.41) is 13.2. The number of halogens is 1. The van der Waals surface area contributed by atoms with E-state index in [1.165, 1.54) is 17.2 Å². The zero-order valence-corrected chi connectivity index (χ0v) is 23.1. The van der Waals surface area contributed by atoms with Crippen LogP contribution in [0.15, 0.2) is 91.1 Å². The van der Waals surface area contributed by atoms with E-state index in [2.05, 4.69) is 16.4 Å². The predicted molar refractivity (Wildman–Crippen MR) is 158 cm³/mol. The van der Waals surface area contributed by atoms with E-state index >= 15 is 0 Å². The first-order valence-electron chi connectivity index (χ1n) is 13.7. The topological polar surface area (TPSA) is 85.8 Å². The van der Waals surface area contributed by atoms with Crippen LogP contribution in [-0.4, -0.2) is 39.6 Å². The van der Waals surface area contributed by atoms with Gasteiger partial charge in [-0.3, -0.25) is 4.79 Å². The second-order valence-corrected chi connectivity index (χ2v) is 10.4. The highest BCUT2D eigenvalue weighted by atomic mass is 19.1. The summed E-state index contributed by atoms with van der Waals surface area (Å²) in [5.74, 6) is 0.143. The first kappa shape index (κ1) is 27.8. The number of benzene rings is 3. The van der Waals surface area contributed by atoms with Crippen LogP contribution < -0.4 is 10.2 Å². The van der Waals surface area contributed by atoms with Crippen LogP contribution in [-0.2, 0) is 17.8 Å². The number of hydrogen-bond acceptors (Lipinski definition) is 4. The molecule has 2 atom stereocenters. The lowest BCUT2D eigenvalue weighted by molar-refractivity contribution is -0.117. The number of rotatable bonds is 8. The van der Waals surface area contributed by atoms with Gasteiger partial charge in [-0.25, -0.2) is 14.2 Å². The maximum atomic E-state index is 13.4. The van der Waals surface area contributed by atoms with Crippen molar-refractivity contribution in [2.75, 3.05) is 16.8 Å². The maximum Gasteiger partial charge on any atom is 0.407 e. The van der Waals surface area contributed by atoms with Crippen molar-refractivity contribution in [1.29, 1.82) is 0 Å². The minimum absolute atomic E-state index is 0.0236. The molecule has 3 aromatic carbocycles. The van der Waals surface area contributed by atoms with Gasteiger partial charge in [0.25, 0.3) is 0 Å². The van der Waals surface area contributed by atoms with Crippen molar-refractivity contribution in [3.63, 3.8) is 0 Å². The highest BCUT2D eigenvalue weighted by molar-refractivity contribution is 5.94. The van der Waals surface area contributed by atoms with E-state index in [1.54, 1.807) is 13.0 Å². The summed E-state index contributed by atoms with van der Waals surface area (Å²) in [6, 6.07) is 26.6. The van der Waals surface area contributed by atoms with Crippen LogP contribution in [0, 0.1) is 5.82 Å². The normalized spacial score (nSPS) is 16.1. The molecular weight excluding hydrogens is 519 g/mol. The third-order valence-electron chi connectivity index (χ3n) is 7.51. The van der Waals surface area contributed by atoms with Crippen LogP contribution in [0.5, 0.6) is 0 Å². The van der Waals surface area contributed by atoms with Crippen molar-refractivity contribution in [2.24, 2.45) is 0 Å². The van der Waals surface area contributed by atoms with E-state index in [1.807, 2.05) is 78.6 Å². The average Bonchev–Trinajstić information content (AvgIpc) is 2.97. The molecule has 0 spiro atoms. The number of carbonyl (C=O) groups is 2. The number of nitrogens with one attached hydrogen (secondary N) is 1. The van der Waals surface area contributed by atoms with Gasteiger partial charge in [-0.15, -0.1) is 0 Å². The summed E-state index contributed by atoms with van der Waals surface area (Å²) in [6.45, 7) is 4.30. The van der Waals surface area contributed by atoms with Crippen molar-refractivity contribution in [1.82, 2.24) is 9.88 Å². The van der Waals surface area contributed by atoms with Crippen molar-refractivity contribution in [3.05, 3.63) is 114 Å². The Morgan fingerprint density at radius 2 is 1.73 bits per heavy atom. The number of carbonyl (C=O) groups excluding carboxylic acids is 1. The Labute approximate surface area is 239 Å². The fraction of sp³-hybridized carbons (Fsp3) is 0.242. The summed E-state index contributed by atoms with van der Waals surface area (Å²) in [6.07, 6.45) is 1.56. The lowest BCUT2D eigenvalue weighted by Crippen LogP contribution is -2.43. The van der Waals surface area contributed by atoms with E-state index < -0.39 is 11.9 Å². The maximum absolute atomic E-state index is 13.4. The molecule has 41 heavy (non-hydrogen) atoms. The molecule has 4 aromatic rings. The van der Waals surface area contributed by atoms with Gasteiger partial charge in [0.15, 0.2) is 0 Å². The van der Waals surface area contributed by atoms with Crippen LogP contribution >= 0.6 is 0 Å². The molecule has 0 saturated carbocycles. The minimum atomic E-state index is -0.946. The van der Waals surface area contributed by atoms with Gasteiger partial charge in [-0.1, -0.05) is 60.7 Å². The Morgan fingerprint density at radius 3 is 2.39 bits per heavy atom. The van der Waals surface area contributed by atoms with Gasteiger partial charge in [0.05, 0.1) is 12.2 Å². The summed E-state index contributed by atoms with van der Waals surface area (Å²) in [7, 11) is 0. The third kappa shape index (κ3) is 6.54. The molecule has 0 aliphatic carbocycles. The fourth-order valence-corrected chi connectivity index (χ4v) is 5.47. The van der Waals surface area contributed by atoms with Crippen LogP contribution in [0.1, 0.15) is 43.0 Å². The molecule has 0 fully saturated rings. The number of pyridine rings is 1. The molecule has 8 heteroatoms. The summed E-state index contributed by atoms with van der Waals surface area (Å²) >= 11 is 0. The van der Waals surface area contributed by atoms with Crippen LogP contribution in [0.25, 0.3) is 11.1 Å². The molecule has 0 saturated heterocycles. The van der Waals surface area contributed by atoms with E-state index in [-0.39, 0.29) is 18.0 Å². The van der Waals surface area contributed by atoms with Crippen molar-refractivity contribution in [2.45, 2.75) is 45.3 Å². The van der Waals surface area contributed by atoms with Crippen LogP contribution in [0.2, 0.25) is 0 Å². The largest absolute Gasteiger partial charge is 0.465 e. The van der Waals surface area contributed by atoms with E-state index in [4.69, 9.17) is 0 Å². The first-order valence-corrected chi connectivity index (χ1v) is 13.7. The number of hydrogen-bond donors (Lipinski definition) is 2. The number of aromatic nitrogens is 1. The van der Waals surface area contributed by atoms with E-state index in [9.17, 15) is 19.1 Å². The highest BCUT2D eigenvalue weighted by Crippen LogP contribution is 2.41. The second kappa shape index (κ2) is 12.2. The molecule has 2 amide bonds. The number of fused-ring (bicyclic) bond motifs is 1. The number of amides is 2. The van der Waals surface area contributed by atoms with Gasteiger partial charge in [-0.2, -0.15) is 0 Å². The average molecular weight is 553 g/mol. The van der Waals surface area contributed by atoms with Crippen LogP contribution in [0.3, 0.4) is 0 Å². The standard InChI is InChI=1S/C33H33FN4O3/c1-22-18-30(36-32-15-13-28(34)20-35-32)29-19-27(12-14-31(29)38(22)23(2)39)26-10-8-25(9-11-26)21-37(33(40)41)17-16-24-6-4-3-5-7-24/h3-15,19-20,22,30H,16-18,21H2,1-2H3,(H,35,36)(H,40,41)/t22-,30+/m0/s1. The molecule has 5 rings (SSSR count). The third-order valence-corrected chi connectivity index (χ3v) is 7.51. The predicted octanol–water partition coefficient (Wildman–Crippen LogP) is 6.91. The quantitative estimate of drug-likeness (QED) is 0.248. The zero-order chi connectivity index (χ0) is 28.9. The SMILES string of the molecule is CC(=O)N1c2ccc(-c3ccc(CN(CCc4ccccc4)C(=O)O)cc3)cc2[C@H](Nc2ccc(F)cn2)C[C@@H]1C. The molecule has 1 aliphatic heterocycles. The number of anilines is 2. The molecule has 2 N–H and O–H groups in total. The minimum Gasteiger partial charge on any atom is -0.465 e. The van der Waals surface area contributed by atoms with Gasteiger partial charge in [0.1, 0.15) is 11.6 Å². The number of nitrogens with zero attached hydrogens (tertiary/aromatic N) is 3. The second-order valence-electron chi connectivity index (χ2n) is 10.4.